The highest BCUT2D eigenvalue weighted by atomic mass is 31.1. The minimum atomic E-state index is 0.516. The van der Waals surface area contributed by atoms with Gasteiger partial charge in [-0.1, -0.05) is 6.07 Å². The quantitative estimate of drug-likeness (QED) is 0.550. The van der Waals surface area contributed by atoms with Crippen molar-refractivity contribution in [3.05, 3.63) is 30.6 Å². The van der Waals surface area contributed by atoms with Crippen molar-refractivity contribution in [2.75, 3.05) is 0 Å². The highest BCUT2D eigenvalue weighted by molar-refractivity contribution is 7.16. The van der Waals surface area contributed by atoms with E-state index in [-0.39, 0.29) is 0 Å². The third-order valence-electron chi connectivity index (χ3n) is 0.815. The standard InChI is InChI=1S/C5H6N2P/c6-8-7-4-2-1-3-5-7/h1-6H/q+1. The predicted molar refractivity (Wildman–Crippen MR) is 31.7 cm³/mol. The van der Waals surface area contributed by atoms with Gasteiger partial charge in [0.1, 0.15) is 0 Å². The molecule has 0 saturated carbocycles. The van der Waals surface area contributed by atoms with Gasteiger partial charge in [-0.25, -0.2) is 5.16 Å². The molecular weight excluding hydrogens is 119 g/mol. The van der Waals surface area contributed by atoms with E-state index in [4.69, 9.17) is 5.16 Å². The Morgan fingerprint density at radius 3 is 2.12 bits per heavy atom. The molecule has 0 bridgehead atoms. The maximum atomic E-state index is 6.88. The van der Waals surface area contributed by atoms with Crippen LogP contribution in [0.15, 0.2) is 30.6 Å². The van der Waals surface area contributed by atoms with Crippen LogP contribution in [0, 0.1) is 5.16 Å². The summed E-state index contributed by atoms with van der Waals surface area (Å²) in [6, 6.07) is 5.74. The van der Waals surface area contributed by atoms with Crippen LogP contribution in [0.1, 0.15) is 0 Å². The predicted octanol–water partition coefficient (Wildman–Crippen LogP) is 1.45. The summed E-state index contributed by atoms with van der Waals surface area (Å²) in [6.07, 6.45) is 3.71. The third kappa shape index (κ3) is 1.11. The fraction of sp³-hybridized carbons (Fsp3) is 0. The van der Waals surface area contributed by atoms with Crippen LogP contribution in [-0.4, -0.2) is 0 Å². The minimum absolute atomic E-state index is 0.516. The lowest BCUT2D eigenvalue weighted by atomic mass is 10.5. The van der Waals surface area contributed by atoms with Crippen LogP contribution < -0.4 is 4.34 Å². The lowest BCUT2D eigenvalue weighted by molar-refractivity contribution is -0.503. The zero-order valence-electron chi connectivity index (χ0n) is 4.28. The maximum Gasteiger partial charge on any atom is 0.368 e. The van der Waals surface area contributed by atoms with Gasteiger partial charge in [0, 0.05) is 12.1 Å². The van der Waals surface area contributed by atoms with Gasteiger partial charge in [-0.05, 0) is 0 Å². The Morgan fingerprint density at radius 2 is 1.75 bits per heavy atom. The third-order valence-corrected chi connectivity index (χ3v) is 1.31. The van der Waals surface area contributed by atoms with Crippen molar-refractivity contribution in [1.82, 2.24) is 0 Å². The van der Waals surface area contributed by atoms with E-state index in [2.05, 4.69) is 0 Å². The number of hydrogen-bond acceptors (Lipinski definition) is 1. The molecular formula is C5H6N2P+. The van der Waals surface area contributed by atoms with E-state index in [1.54, 1.807) is 4.34 Å². The Morgan fingerprint density at radius 1 is 1.12 bits per heavy atom. The van der Waals surface area contributed by atoms with Crippen molar-refractivity contribution < 1.29 is 4.34 Å². The molecule has 1 heterocycles. The van der Waals surface area contributed by atoms with Gasteiger partial charge in [-0.3, -0.25) is 0 Å². The second-order valence-electron chi connectivity index (χ2n) is 1.36. The van der Waals surface area contributed by atoms with E-state index >= 15 is 0 Å². The summed E-state index contributed by atoms with van der Waals surface area (Å²) in [7, 11) is 0.516. The summed E-state index contributed by atoms with van der Waals surface area (Å²) < 4.78 is 1.76. The van der Waals surface area contributed by atoms with Gasteiger partial charge in [0.15, 0.2) is 12.4 Å². The van der Waals surface area contributed by atoms with Gasteiger partial charge in [0.05, 0.1) is 0 Å². The van der Waals surface area contributed by atoms with Crippen molar-refractivity contribution in [3.63, 3.8) is 0 Å². The summed E-state index contributed by atoms with van der Waals surface area (Å²) in [4.78, 5) is 0. The number of rotatable bonds is 1. The Labute approximate surface area is 49.5 Å². The molecule has 0 atom stereocenters. The summed E-state index contributed by atoms with van der Waals surface area (Å²) in [5.74, 6) is 0. The second-order valence-corrected chi connectivity index (χ2v) is 2.02. The Bertz CT molecular complexity index is 173. The fourth-order valence-corrected chi connectivity index (χ4v) is 0.744. The fourth-order valence-electron chi connectivity index (χ4n) is 0.456. The zero-order valence-corrected chi connectivity index (χ0v) is 5.18. The molecule has 1 aromatic rings. The van der Waals surface area contributed by atoms with Crippen LogP contribution in [0.25, 0.3) is 0 Å². The molecule has 8 heavy (non-hydrogen) atoms. The summed E-state index contributed by atoms with van der Waals surface area (Å²) in [5.41, 5.74) is 0. The van der Waals surface area contributed by atoms with E-state index in [1.165, 1.54) is 0 Å². The van der Waals surface area contributed by atoms with Crippen molar-refractivity contribution >= 4 is 8.52 Å². The number of pyridine rings is 1. The van der Waals surface area contributed by atoms with Crippen molar-refractivity contribution in [2.24, 2.45) is 0 Å². The first-order valence-electron chi connectivity index (χ1n) is 2.27. The number of hydrogen-bond donors (Lipinski definition) is 1. The zero-order chi connectivity index (χ0) is 5.82. The Kier molecular flexibility index (Phi) is 1.70. The van der Waals surface area contributed by atoms with Crippen LogP contribution in [0.5, 0.6) is 0 Å². The first-order valence-corrected chi connectivity index (χ1v) is 3.12. The van der Waals surface area contributed by atoms with Gasteiger partial charge in [0.25, 0.3) is 0 Å². The molecule has 3 heteroatoms. The normalized spacial score (nSPS) is 9.50. The SMILES string of the molecule is N=P[n+]1ccccc1. The largest absolute Gasteiger partial charge is 0.368 e. The smallest absolute Gasteiger partial charge is 0.220 e. The topological polar surface area (TPSA) is 27.7 Å². The van der Waals surface area contributed by atoms with Crippen molar-refractivity contribution in [1.29, 1.82) is 5.16 Å². The lowest BCUT2D eigenvalue weighted by Crippen LogP contribution is -2.16. The number of aromatic nitrogens is 1. The Balaban J connectivity index is 2.99. The van der Waals surface area contributed by atoms with E-state index in [0.29, 0.717) is 8.52 Å². The van der Waals surface area contributed by atoms with Crippen molar-refractivity contribution in [3.8, 4) is 0 Å². The number of nitrogens with zero attached hydrogens (tertiary/aromatic N) is 1. The summed E-state index contributed by atoms with van der Waals surface area (Å²) in [6.45, 7) is 0. The molecule has 2 nitrogen and oxygen atoms in total. The molecule has 40 valence electrons. The highest BCUT2D eigenvalue weighted by Gasteiger charge is 1.87. The molecule has 0 aliphatic carbocycles. The van der Waals surface area contributed by atoms with Gasteiger partial charge >= 0.3 is 8.52 Å². The maximum absolute atomic E-state index is 6.88. The molecule has 0 spiro atoms. The average Bonchev–Trinajstić information content (AvgIpc) is 1.90. The number of nitrogens with one attached hydrogen (secondary N) is 1. The molecule has 1 aromatic heterocycles. The molecule has 0 aliphatic rings. The van der Waals surface area contributed by atoms with Crippen LogP contribution in [0.2, 0.25) is 0 Å². The van der Waals surface area contributed by atoms with Gasteiger partial charge in [-0.2, -0.15) is 0 Å². The van der Waals surface area contributed by atoms with Gasteiger partial charge in [0.2, 0.25) is 0 Å². The van der Waals surface area contributed by atoms with Crippen molar-refractivity contribution in [2.45, 2.75) is 0 Å². The van der Waals surface area contributed by atoms with Crippen LogP contribution in [0.3, 0.4) is 0 Å². The first-order chi connectivity index (χ1) is 3.93. The molecule has 0 aliphatic heterocycles. The molecule has 0 aromatic carbocycles. The van der Waals surface area contributed by atoms with E-state index in [0.717, 1.165) is 0 Å². The molecule has 0 radical (unpaired) electrons. The van der Waals surface area contributed by atoms with E-state index in [9.17, 15) is 0 Å². The summed E-state index contributed by atoms with van der Waals surface area (Å²) >= 11 is 0. The molecule has 0 saturated heterocycles. The second kappa shape index (κ2) is 2.53. The summed E-state index contributed by atoms with van der Waals surface area (Å²) in [5, 5.41) is 6.88. The van der Waals surface area contributed by atoms with Gasteiger partial charge in [-0.15, -0.1) is 4.34 Å². The Hall–Kier alpha value is -0.750. The molecule has 1 rings (SSSR count). The molecule has 0 unspecified atom stereocenters. The van der Waals surface area contributed by atoms with Crippen LogP contribution in [-0.2, 0) is 0 Å². The monoisotopic (exact) mass is 125 g/mol. The minimum Gasteiger partial charge on any atom is -0.220 e. The highest BCUT2D eigenvalue weighted by Crippen LogP contribution is 1.83. The first kappa shape index (κ1) is 5.39. The van der Waals surface area contributed by atoms with Gasteiger partial charge < -0.3 is 0 Å². The van der Waals surface area contributed by atoms with Crippen LogP contribution >= 0.6 is 8.52 Å². The van der Waals surface area contributed by atoms with E-state index in [1.807, 2.05) is 30.6 Å². The van der Waals surface area contributed by atoms with Crippen LogP contribution in [0.4, 0.5) is 0 Å². The molecule has 1 N–H and O–H groups in total. The lowest BCUT2D eigenvalue weighted by Gasteiger charge is -1.76. The molecule has 0 fully saturated rings. The average molecular weight is 125 g/mol. The van der Waals surface area contributed by atoms with E-state index < -0.39 is 0 Å². The molecule has 0 amide bonds.